The quantitative estimate of drug-likeness (QED) is 0.480. The second-order valence-electron chi connectivity index (χ2n) is 5.84. The molecule has 2 nitrogen and oxygen atoms in total. The van der Waals surface area contributed by atoms with Crippen LogP contribution in [0.3, 0.4) is 0 Å². The van der Waals surface area contributed by atoms with Crippen molar-refractivity contribution in [1.82, 2.24) is 0 Å². The molecular formula is C22H17NOS. The number of fused-ring (bicyclic) bond motifs is 2. The van der Waals surface area contributed by atoms with E-state index in [-0.39, 0.29) is 5.91 Å². The van der Waals surface area contributed by atoms with Crippen LogP contribution in [0.2, 0.25) is 0 Å². The van der Waals surface area contributed by atoms with E-state index in [1.165, 1.54) is 10.8 Å². The molecule has 3 heteroatoms. The fourth-order valence-electron chi connectivity index (χ4n) is 2.99. The summed E-state index contributed by atoms with van der Waals surface area (Å²) >= 11 is 1.57. The largest absolute Gasteiger partial charge is 0.325 e. The van der Waals surface area contributed by atoms with Crippen LogP contribution in [0.4, 0.5) is 5.69 Å². The van der Waals surface area contributed by atoms with Gasteiger partial charge < -0.3 is 5.32 Å². The second kappa shape index (κ2) is 6.99. The third kappa shape index (κ3) is 3.37. The first kappa shape index (κ1) is 15.7. The molecule has 0 unspecified atom stereocenters. The van der Waals surface area contributed by atoms with E-state index in [0.29, 0.717) is 5.75 Å². The minimum absolute atomic E-state index is 0.00860. The lowest BCUT2D eigenvalue weighted by Gasteiger charge is -2.09. The van der Waals surface area contributed by atoms with E-state index in [9.17, 15) is 4.79 Å². The van der Waals surface area contributed by atoms with Gasteiger partial charge in [0.1, 0.15) is 0 Å². The van der Waals surface area contributed by atoms with Gasteiger partial charge in [0.2, 0.25) is 5.91 Å². The highest BCUT2D eigenvalue weighted by atomic mass is 32.2. The highest BCUT2D eigenvalue weighted by Gasteiger charge is 2.08. The number of thioether (sulfide) groups is 1. The summed E-state index contributed by atoms with van der Waals surface area (Å²) in [6.07, 6.45) is 0. The minimum Gasteiger partial charge on any atom is -0.325 e. The number of anilines is 1. The zero-order chi connectivity index (χ0) is 17.1. The monoisotopic (exact) mass is 343 g/mol. The number of carbonyl (C=O) groups excluding carboxylic acids is 1. The number of benzene rings is 4. The summed E-state index contributed by atoms with van der Waals surface area (Å²) in [7, 11) is 0. The van der Waals surface area contributed by atoms with Gasteiger partial charge in [-0.25, -0.2) is 0 Å². The molecule has 0 radical (unpaired) electrons. The first-order chi connectivity index (χ1) is 12.3. The van der Waals surface area contributed by atoms with Gasteiger partial charge in [0.25, 0.3) is 0 Å². The summed E-state index contributed by atoms with van der Waals surface area (Å²) in [6, 6.07) is 28.5. The minimum atomic E-state index is 0.00860. The van der Waals surface area contributed by atoms with Crippen LogP contribution in [0.5, 0.6) is 0 Å². The molecule has 0 spiro atoms. The zero-order valence-corrected chi connectivity index (χ0v) is 14.4. The number of amides is 1. The summed E-state index contributed by atoms with van der Waals surface area (Å²) < 4.78 is 0. The Morgan fingerprint density at radius 2 is 1.32 bits per heavy atom. The van der Waals surface area contributed by atoms with Crippen LogP contribution >= 0.6 is 11.8 Å². The van der Waals surface area contributed by atoms with Crippen LogP contribution in [-0.2, 0) is 4.79 Å². The molecule has 0 aliphatic rings. The topological polar surface area (TPSA) is 29.1 Å². The molecule has 1 amide bonds. The third-order valence-electron chi connectivity index (χ3n) is 4.17. The molecule has 4 aromatic carbocycles. The van der Waals surface area contributed by atoms with Crippen LogP contribution in [0.25, 0.3) is 21.5 Å². The van der Waals surface area contributed by atoms with Crippen molar-refractivity contribution >= 4 is 44.9 Å². The molecular weight excluding hydrogens is 326 g/mol. The molecule has 0 aliphatic carbocycles. The molecule has 0 saturated carbocycles. The number of hydrogen-bond donors (Lipinski definition) is 1. The Morgan fingerprint density at radius 3 is 2.12 bits per heavy atom. The van der Waals surface area contributed by atoms with Crippen molar-refractivity contribution in [1.29, 1.82) is 0 Å². The van der Waals surface area contributed by atoms with E-state index in [4.69, 9.17) is 0 Å². The van der Waals surface area contributed by atoms with E-state index in [1.54, 1.807) is 11.8 Å². The fraction of sp³-hybridized carbons (Fsp3) is 0.0455. The fourth-order valence-corrected chi connectivity index (χ4v) is 3.86. The first-order valence-electron chi connectivity index (χ1n) is 8.19. The first-order valence-corrected chi connectivity index (χ1v) is 9.18. The lowest BCUT2D eigenvalue weighted by Crippen LogP contribution is -2.14. The van der Waals surface area contributed by atoms with Crippen molar-refractivity contribution < 1.29 is 4.79 Å². The van der Waals surface area contributed by atoms with Crippen molar-refractivity contribution in [3.63, 3.8) is 0 Å². The summed E-state index contributed by atoms with van der Waals surface area (Å²) in [5.41, 5.74) is 0.863. The Balaban J connectivity index is 1.50. The van der Waals surface area contributed by atoms with E-state index < -0.39 is 0 Å². The van der Waals surface area contributed by atoms with Gasteiger partial charge in [-0.05, 0) is 28.3 Å². The van der Waals surface area contributed by atoms with E-state index >= 15 is 0 Å². The normalized spacial score (nSPS) is 10.9. The Bertz CT molecular complexity index is 1050. The van der Waals surface area contributed by atoms with Crippen LogP contribution in [0.1, 0.15) is 0 Å². The molecule has 0 fully saturated rings. The maximum atomic E-state index is 12.4. The average Bonchev–Trinajstić information content (AvgIpc) is 2.66. The average molecular weight is 343 g/mol. The Labute approximate surface area is 150 Å². The smallest absolute Gasteiger partial charge is 0.234 e. The van der Waals surface area contributed by atoms with Gasteiger partial charge in [-0.2, -0.15) is 0 Å². The van der Waals surface area contributed by atoms with Gasteiger partial charge in [-0.15, -0.1) is 11.8 Å². The molecule has 4 rings (SSSR count). The van der Waals surface area contributed by atoms with Crippen molar-refractivity contribution in [2.75, 3.05) is 11.1 Å². The Kier molecular flexibility index (Phi) is 4.40. The number of rotatable bonds is 4. The van der Waals surface area contributed by atoms with Crippen molar-refractivity contribution in [3.8, 4) is 0 Å². The molecule has 0 heterocycles. The van der Waals surface area contributed by atoms with Gasteiger partial charge in [0.05, 0.1) is 5.75 Å². The maximum Gasteiger partial charge on any atom is 0.234 e. The van der Waals surface area contributed by atoms with Crippen molar-refractivity contribution in [2.24, 2.45) is 0 Å². The molecule has 0 saturated heterocycles. The maximum absolute atomic E-state index is 12.4. The third-order valence-corrected chi connectivity index (χ3v) is 5.25. The summed E-state index contributed by atoms with van der Waals surface area (Å²) in [4.78, 5) is 13.6. The van der Waals surface area contributed by atoms with Gasteiger partial charge in [-0.1, -0.05) is 72.8 Å². The van der Waals surface area contributed by atoms with Crippen molar-refractivity contribution in [2.45, 2.75) is 4.90 Å². The van der Waals surface area contributed by atoms with Crippen LogP contribution in [0.15, 0.2) is 89.8 Å². The Morgan fingerprint density at radius 1 is 0.720 bits per heavy atom. The molecule has 122 valence electrons. The van der Waals surface area contributed by atoms with Gasteiger partial charge >= 0.3 is 0 Å². The SMILES string of the molecule is O=C(CSc1cccc2ccccc12)Nc1cccc2ccccc12. The van der Waals surface area contributed by atoms with Crippen molar-refractivity contribution in [3.05, 3.63) is 84.9 Å². The molecule has 0 aliphatic heterocycles. The molecule has 0 atom stereocenters. The van der Waals surface area contributed by atoms with Gasteiger partial charge in [0, 0.05) is 16.0 Å². The molecule has 25 heavy (non-hydrogen) atoms. The standard InChI is InChI=1S/C22H17NOS/c24-22(23-20-13-5-9-16-7-1-3-11-18(16)20)15-25-21-14-6-10-17-8-2-4-12-19(17)21/h1-14H,15H2,(H,23,24). The summed E-state index contributed by atoms with van der Waals surface area (Å²) in [5.74, 6) is 0.395. The van der Waals surface area contributed by atoms with Crippen LogP contribution < -0.4 is 5.32 Å². The molecule has 4 aromatic rings. The predicted octanol–water partition coefficient (Wildman–Crippen LogP) is 5.72. The van der Waals surface area contributed by atoms with E-state index in [0.717, 1.165) is 21.4 Å². The summed E-state index contributed by atoms with van der Waals surface area (Å²) in [5, 5.41) is 7.62. The number of hydrogen-bond acceptors (Lipinski definition) is 2. The lowest BCUT2D eigenvalue weighted by atomic mass is 10.1. The molecule has 0 bridgehead atoms. The van der Waals surface area contributed by atoms with Crippen LogP contribution in [0, 0.1) is 0 Å². The highest BCUT2D eigenvalue weighted by molar-refractivity contribution is 8.00. The highest BCUT2D eigenvalue weighted by Crippen LogP contribution is 2.28. The second-order valence-corrected chi connectivity index (χ2v) is 6.86. The van der Waals surface area contributed by atoms with E-state index in [2.05, 4.69) is 41.7 Å². The predicted molar refractivity (Wildman–Crippen MR) is 107 cm³/mol. The molecule has 0 aromatic heterocycles. The molecule has 1 N–H and O–H groups in total. The zero-order valence-electron chi connectivity index (χ0n) is 13.6. The van der Waals surface area contributed by atoms with Crippen LogP contribution in [-0.4, -0.2) is 11.7 Å². The van der Waals surface area contributed by atoms with Gasteiger partial charge in [-0.3, -0.25) is 4.79 Å². The van der Waals surface area contributed by atoms with Gasteiger partial charge in [0.15, 0.2) is 0 Å². The lowest BCUT2D eigenvalue weighted by molar-refractivity contribution is -0.113. The van der Waals surface area contributed by atoms with E-state index in [1.807, 2.05) is 48.5 Å². The summed E-state index contributed by atoms with van der Waals surface area (Å²) in [6.45, 7) is 0. The number of nitrogens with one attached hydrogen (secondary N) is 1. The Hall–Kier alpha value is -2.78. The number of carbonyl (C=O) groups is 1.